The summed E-state index contributed by atoms with van der Waals surface area (Å²) in [6, 6.07) is 22.9. The lowest BCUT2D eigenvalue weighted by Gasteiger charge is -2.23. The minimum Gasteiger partial charge on any atom is -0.344 e. The number of halogens is 1. The molecule has 0 aromatic heterocycles. The molecular weight excluding hydrogens is 420 g/mol. The zero-order valence-electron chi connectivity index (χ0n) is 16.7. The van der Waals surface area contributed by atoms with E-state index in [0.29, 0.717) is 5.02 Å². The lowest BCUT2D eigenvalue weighted by molar-refractivity contribution is -0.121. The van der Waals surface area contributed by atoms with E-state index in [1.54, 1.807) is 0 Å². The Morgan fingerprint density at radius 2 is 1.57 bits per heavy atom. The Morgan fingerprint density at radius 3 is 2.20 bits per heavy atom. The maximum Gasteiger partial charge on any atom is 0.243 e. The molecule has 0 heterocycles. The fourth-order valence-electron chi connectivity index (χ4n) is 3.18. The van der Waals surface area contributed by atoms with Crippen LogP contribution in [0, 0.1) is 6.92 Å². The second kappa shape index (κ2) is 9.43. The van der Waals surface area contributed by atoms with Crippen molar-refractivity contribution in [2.75, 3.05) is 13.6 Å². The molecule has 30 heavy (non-hydrogen) atoms. The van der Waals surface area contributed by atoms with Crippen molar-refractivity contribution in [2.24, 2.45) is 0 Å². The van der Waals surface area contributed by atoms with E-state index in [9.17, 15) is 13.2 Å². The van der Waals surface area contributed by atoms with Gasteiger partial charge in [0.25, 0.3) is 0 Å². The summed E-state index contributed by atoms with van der Waals surface area (Å²) in [6.45, 7) is 1.68. The van der Waals surface area contributed by atoms with Crippen LogP contribution in [0.1, 0.15) is 22.7 Å². The number of carbonyl (C=O) groups is 1. The molecule has 0 fully saturated rings. The highest BCUT2D eigenvalue weighted by molar-refractivity contribution is 7.89. The summed E-state index contributed by atoms with van der Waals surface area (Å²) in [7, 11) is -2.43. The quantitative estimate of drug-likeness (QED) is 0.597. The molecule has 3 rings (SSSR count). The van der Waals surface area contributed by atoms with Crippen LogP contribution >= 0.6 is 11.6 Å². The molecule has 0 aliphatic heterocycles. The highest BCUT2D eigenvalue weighted by Crippen LogP contribution is 2.25. The van der Waals surface area contributed by atoms with Crippen molar-refractivity contribution in [1.82, 2.24) is 9.62 Å². The minimum absolute atomic E-state index is 0.0840. The van der Waals surface area contributed by atoms with Gasteiger partial charge in [0.05, 0.1) is 17.5 Å². The first-order valence-corrected chi connectivity index (χ1v) is 11.2. The summed E-state index contributed by atoms with van der Waals surface area (Å²) in [4.78, 5) is 12.9. The highest BCUT2D eigenvalue weighted by atomic mass is 35.5. The number of nitrogens with zero attached hydrogens (tertiary/aromatic N) is 1. The highest BCUT2D eigenvalue weighted by Gasteiger charge is 2.25. The Balaban J connectivity index is 1.81. The number of likely N-dealkylation sites (N-methyl/N-ethyl adjacent to an activating group) is 1. The van der Waals surface area contributed by atoms with Crippen molar-refractivity contribution >= 4 is 27.5 Å². The average Bonchev–Trinajstić information content (AvgIpc) is 2.73. The van der Waals surface area contributed by atoms with Gasteiger partial charge in [-0.2, -0.15) is 4.31 Å². The summed E-state index contributed by atoms with van der Waals surface area (Å²) >= 11 is 5.84. The molecule has 0 aliphatic carbocycles. The zero-order chi connectivity index (χ0) is 21.7. The predicted octanol–water partition coefficient (Wildman–Crippen LogP) is 4.17. The van der Waals surface area contributed by atoms with Gasteiger partial charge in [0.2, 0.25) is 15.9 Å². The Labute approximate surface area is 182 Å². The molecule has 0 bridgehead atoms. The molecule has 0 saturated carbocycles. The van der Waals surface area contributed by atoms with Crippen LogP contribution in [-0.2, 0) is 14.8 Å². The predicted molar refractivity (Wildman–Crippen MR) is 119 cm³/mol. The number of aryl methyl sites for hydroxylation is 1. The molecule has 0 spiro atoms. The number of rotatable bonds is 7. The SMILES string of the molecule is Cc1ccccc1[C@H](NC(=O)CN(C)S(=O)(=O)c1ccc(Cl)cc1)c1ccccc1. The van der Waals surface area contributed by atoms with Gasteiger partial charge >= 0.3 is 0 Å². The van der Waals surface area contributed by atoms with Crippen LogP contribution in [0.5, 0.6) is 0 Å². The average molecular weight is 443 g/mol. The first kappa shape index (κ1) is 22.0. The van der Waals surface area contributed by atoms with E-state index in [0.717, 1.165) is 21.0 Å². The van der Waals surface area contributed by atoms with E-state index < -0.39 is 15.9 Å². The molecule has 3 aromatic carbocycles. The van der Waals surface area contributed by atoms with Gasteiger partial charge in [-0.05, 0) is 47.9 Å². The Bertz CT molecular complexity index is 1120. The number of hydrogen-bond acceptors (Lipinski definition) is 3. The summed E-state index contributed by atoms with van der Waals surface area (Å²) < 4.78 is 26.6. The smallest absolute Gasteiger partial charge is 0.243 e. The topological polar surface area (TPSA) is 66.5 Å². The zero-order valence-corrected chi connectivity index (χ0v) is 18.3. The van der Waals surface area contributed by atoms with E-state index >= 15 is 0 Å². The second-order valence-electron chi connectivity index (χ2n) is 6.98. The lowest BCUT2D eigenvalue weighted by atomic mass is 9.95. The van der Waals surface area contributed by atoms with E-state index in [2.05, 4.69) is 5.32 Å². The van der Waals surface area contributed by atoms with Crippen LogP contribution in [0.25, 0.3) is 0 Å². The Kier molecular flexibility index (Phi) is 6.92. The van der Waals surface area contributed by atoms with Gasteiger partial charge in [-0.25, -0.2) is 8.42 Å². The normalized spacial score (nSPS) is 12.5. The fraction of sp³-hybridized carbons (Fsp3) is 0.174. The number of nitrogens with one attached hydrogen (secondary N) is 1. The molecule has 1 N–H and O–H groups in total. The minimum atomic E-state index is -3.81. The molecule has 0 aliphatic rings. The third kappa shape index (κ3) is 5.08. The standard InChI is InChI=1S/C23H23ClN2O3S/c1-17-8-6-7-11-21(17)23(18-9-4-3-5-10-18)25-22(27)16-26(2)30(28,29)20-14-12-19(24)13-15-20/h3-15,23H,16H2,1-2H3,(H,25,27)/t23-/m1/s1. The van der Waals surface area contributed by atoms with Gasteiger partial charge in [-0.3, -0.25) is 4.79 Å². The van der Waals surface area contributed by atoms with E-state index in [1.165, 1.54) is 31.3 Å². The molecular formula is C23H23ClN2O3S. The van der Waals surface area contributed by atoms with Crippen LogP contribution in [0.3, 0.4) is 0 Å². The van der Waals surface area contributed by atoms with Crippen LogP contribution in [0.15, 0.2) is 83.8 Å². The molecule has 156 valence electrons. The summed E-state index contributed by atoms with van der Waals surface area (Å²) in [5.74, 6) is -0.396. The second-order valence-corrected chi connectivity index (χ2v) is 9.46. The third-order valence-corrected chi connectivity index (χ3v) is 6.90. The van der Waals surface area contributed by atoms with Crippen molar-refractivity contribution < 1.29 is 13.2 Å². The fourth-order valence-corrected chi connectivity index (χ4v) is 4.43. The van der Waals surface area contributed by atoms with E-state index in [-0.39, 0.29) is 17.5 Å². The number of benzene rings is 3. The Morgan fingerprint density at radius 1 is 0.967 bits per heavy atom. The van der Waals surface area contributed by atoms with Crippen molar-refractivity contribution in [3.63, 3.8) is 0 Å². The summed E-state index contributed by atoms with van der Waals surface area (Å²) in [6.07, 6.45) is 0. The van der Waals surface area contributed by atoms with Crippen LogP contribution in [0.4, 0.5) is 0 Å². The largest absolute Gasteiger partial charge is 0.344 e. The van der Waals surface area contributed by atoms with Gasteiger partial charge in [0.1, 0.15) is 0 Å². The number of carbonyl (C=O) groups excluding carboxylic acids is 1. The summed E-state index contributed by atoms with van der Waals surface area (Å²) in [5.41, 5.74) is 2.91. The molecule has 1 atom stereocenters. The van der Waals surface area contributed by atoms with E-state index in [4.69, 9.17) is 11.6 Å². The number of amides is 1. The first-order valence-electron chi connectivity index (χ1n) is 9.41. The maximum atomic E-state index is 12.8. The van der Waals surface area contributed by atoms with Crippen LogP contribution in [0.2, 0.25) is 5.02 Å². The van der Waals surface area contributed by atoms with Crippen LogP contribution < -0.4 is 5.32 Å². The van der Waals surface area contributed by atoms with Gasteiger partial charge in [-0.15, -0.1) is 0 Å². The van der Waals surface area contributed by atoms with E-state index in [1.807, 2.05) is 61.5 Å². The number of hydrogen-bond donors (Lipinski definition) is 1. The molecule has 3 aromatic rings. The first-order chi connectivity index (χ1) is 14.3. The Hall–Kier alpha value is -2.67. The molecule has 7 heteroatoms. The molecule has 5 nitrogen and oxygen atoms in total. The summed E-state index contributed by atoms with van der Waals surface area (Å²) in [5, 5.41) is 3.43. The third-order valence-electron chi connectivity index (χ3n) is 4.83. The molecule has 0 radical (unpaired) electrons. The van der Waals surface area contributed by atoms with Gasteiger partial charge in [-0.1, -0.05) is 66.2 Å². The molecule has 0 saturated heterocycles. The van der Waals surface area contributed by atoms with Gasteiger partial charge < -0.3 is 5.32 Å². The molecule has 1 amide bonds. The number of sulfonamides is 1. The maximum absolute atomic E-state index is 12.8. The monoisotopic (exact) mass is 442 g/mol. The van der Waals surface area contributed by atoms with Crippen LogP contribution in [-0.4, -0.2) is 32.2 Å². The van der Waals surface area contributed by atoms with Crippen molar-refractivity contribution in [1.29, 1.82) is 0 Å². The van der Waals surface area contributed by atoms with Crippen molar-refractivity contribution in [2.45, 2.75) is 17.9 Å². The van der Waals surface area contributed by atoms with Crippen molar-refractivity contribution in [3.05, 3.63) is 101 Å². The molecule has 0 unspecified atom stereocenters. The van der Waals surface area contributed by atoms with Gasteiger partial charge in [0, 0.05) is 12.1 Å². The van der Waals surface area contributed by atoms with Gasteiger partial charge in [0.15, 0.2) is 0 Å². The lowest BCUT2D eigenvalue weighted by Crippen LogP contribution is -2.40. The van der Waals surface area contributed by atoms with Crippen molar-refractivity contribution in [3.8, 4) is 0 Å².